The van der Waals surface area contributed by atoms with E-state index in [-0.39, 0.29) is 5.69 Å². The fraction of sp³-hybridized carbons (Fsp3) is 0.267. The fourth-order valence-corrected chi connectivity index (χ4v) is 4.57. The Morgan fingerprint density at radius 1 is 1.29 bits per heavy atom. The van der Waals surface area contributed by atoms with E-state index in [9.17, 15) is 26.9 Å². The van der Waals surface area contributed by atoms with E-state index in [0.29, 0.717) is 11.2 Å². The number of amides is 1. The molecule has 0 fully saturated rings. The van der Waals surface area contributed by atoms with Crippen molar-refractivity contribution >= 4 is 24.9 Å². The largest absolute Gasteiger partial charge is 0.461 e. The quantitative estimate of drug-likeness (QED) is 0.588. The number of rotatable bonds is 7. The van der Waals surface area contributed by atoms with Gasteiger partial charge in [-0.2, -0.15) is 17.6 Å². The second-order valence-corrected chi connectivity index (χ2v) is 9.19. The summed E-state index contributed by atoms with van der Waals surface area (Å²) < 4.78 is 62.9. The minimum atomic E-state index is -5.87. The van der Waals surface area contributed by atoms with E-state index in [4.69, 9.17) is 0 Å². The van der Waals surface area contributed by atoms with Crippen molar-refractivity contribution in [3.8, 4) is 0 Å². The number of halogens is 5. The lowest BCUT2D eigenvalue weighted by Crippen LogP contribution is -2.52. The van der Waals surface area contributed by atoms with Crippen LogP contribution in [0.25, 0.3) is 0 Å². The van der Waals surface area contributed by atoms with E-state index in [0.717, 1.165) is 0 Å². The molecule has 3 nitrogen and oxygen atoms in total. The van der Waals surface area contributed by atoms with Crippen molar-refractivity contribution in [1.29, 1.82) is 0 Å². The average molecular weight is 365 g/mol. The Hall–Kier alpha value is -2.00. The maximum atomic E-state index is 13.5. The Balaban J connectivity index is 3.19. The molecule has 0 bridgehead atoms. The van der Waals surface area contributed by atoms with Gasteiger partial charge in [-0.3, -0.25) is 4.79 Å². The van der Waals surface area contributed by atoms with Gasteiger partial charge in [0.05, 0.1) is 0 Å². The summed E-state index contributed by atoms with van der Waals surface area (Å²) in [6.45, 7) is 9.40. The van der Waals surface area contributed by atoms with E-state index < -0.39 is 26.0 Å². The second-order valence-electron chi connectivity index (χ2n) is 5.01. The standard InChI is InChI=1S/C15H16F5NO2Si/c1-4-24(5-2,6-3)12-9-7-8-11(10-12)21-13(22)14(16,23-20)15(17,18)19/h4-5,7-10H,1-2,6H2,3H3,(H,21,22). The molecule has 9 heteroatoms. The van der Waals surface area contributed by atoms with Crippen LogP contribution in [-0.4, -0.2) is 26.0 Å². The zero-order valence-corrected chi connectivity index (χ0v) is 13.8. The van der Waals surface area contributed by atoms with Gasteiger partial charge in [0, 0.05) is 5.69 Å². The van der Waals surface area contributed by atoms with E-state index in [1.807, 2.05) is 6.92 Å². The van der Waals surface area contributed by atoms with Crippen LogP contribution >= 0.6 is 0 Å². The minimum absolute atomic E-state index is 0.130. The lowest BCUT2D eigenvalue weighted by atomic mass is 10.2. The van der Waals surface area contributed by atoms with E-state index in [1.54, 1.807) is 22.8 Å². The van der Waals surface area contributed by atoms with Gasteiger partial charge < -0.3 is 5.32 Å². The third-order valence-corrected chi connectivity index (χ3v) is 7.75. The number of nitrogens with one attached hydrogen (secondary N) is 1. The first kappa shape index (κ1) is 20.0. The van der Waals surface area contributed by atoms with Crippen LogP contribution in [0.4, 0.5) is 27.8 Å². The number of carbonyl (C=O) groups is 1. The molecule has 0 saturated heterocycles. The van der Waals surface area contributed by atoms with Crippen molar-refractivity contribution in [3.63, 3.8) is 0 Å². The predicted octanol–water partition coefficient (Wildman–Crippen LogP) is 3.88. The Bertz CT molecular complexity index is 627. The van der Waals surface area contributed by atoms with E-state index in [2.05, 4.69) is 18.1 Å². The first-order valence-corrected chi connectivity index (χ1v) is 9.21. The third-order valence-electron chi connectivity index (χ3n) is 3.73. The van der Waals surface area contributed by atoms with E-state index >= 15 is 0 Å². The smallest absolute Gasteiger partial charge is 0.321 e. The van der Waals surface area contributed by atoms with Crippen molar-refractivity contribution in [1.82, 2.24) is 0 Å². The van der Waals surface area contributed by atoms with Gasteiger partial charge in [0.2, 0.25) is 0 Å². The molecule has 1 rings (SSSR count). The summed E-state index contributed by atoms with van der Waals surface area (Å²) in [6.07, 6.45) is -5.87. The molecule has 0 spiro atoms. The molecule has 1 unspecified atom stereocenters. The summed E-state index contributed by atoms with van der Waals surface area (Å²) in [5, 5.41) is 2.38. The highest BCUT2D eigenvalue weighted by molar-refractivity contribution is 6.99. The number of carbonyl (C=O) groups excluding carboxylic acids is 1. The molecule has 24 heavy (non-hydrogen) atoms. The SMILES string of the molecule is C=C[Si](C=C)(CC)c1cccc(NC(=O)C(F)(OF)C(F)(F)F)c1. The lowest BCUT2D eigenvalue weighted by Gasteiger charge is -2.25. The molecular formula is C15H16F5NO2Si. The highest BCUT2D eigenvalue weighted by Crippen LogP contribution is 2.36. The van der Waals surface area contributed by atoms with Crippen molar-refractivity contribution in [2.75, 3.05) is 5.32 Å². The molecule has 0 aliphatic carbocycles. The normalized spacial score (nSPS) is 14.6. The molecule has 0 saturated carbocycles. The molecule has 0 radical (unpaired) electrons. The molecule has 0 heterocycles. The van der Waals surface area contributed by atoms with Gasteiger partial charge in [-0.25, -0.2) is 0 Å². The summed E-state index contributed by atoms with van der Waals surface area (Å²) in [5.41, 5.74) is 3.32. The first-order valence-electron chi connectivity index (χ1n) is 6.84. The topological polar surface area (TPSA) is 38.3 Å². The molecule has 1 N–H and O–H groups in total. The maximum Gasteiger partial charge on any atom is 0.461 e. The van der Waals surface area contributed by atoms with Crippen LogP contribution in [0.15, 0.2) is 48.8 Å². The summed E-state index contributed by atoms with van der Waals surface area (Å²) in [7, 11) is -2.31. The van der Waals surface area contributed by atoms with Crippen molar-refractivity contribution in [2.45, 2.75) is 25.0 Å². The zero-order valence-electron chi connectivity index (χ0n) is 12.8. The first-order chi connectivity index (χ1) is 11.1. The van der Waals surface area contributed by atoms with Gasteiger partial charge in [0.15, 0.2) is 0 Å². The van der Waals surface area contributed by atoms with Crippen LogP contribution in [0.5, 0.6) is 0 Å². The number of alkyl halides is 4. The fourth-order valence-electron chi connectivity index (χ4n) is 2.12. The van der Waals surface area contributed by atoms with Gasteiger partial charge in [-0.05, 0) is 27.9 Å². The maximum absolute atomic E-state index is 13.5. The van der Waals surface area contributed by atoms with Gasteiger partial charge in [-0.1, -0.05) is 30.5 Å². The molecular weight excluding hydrogens is 349 g/mol. The molecule has 1 atom stereocenters. The number of benzene rings is 1. The van der Waals surface area contributed by atoms with Crippen molar-refractivity contribution in [2.24, 2.45) is 0 Å². The average Bonchev–Trinajstić information content (AvgIpc) is 2.55. The van der Waals surface area contributed by atoms with Crippen LogP contribution in [0, 0.1) is 0 Å². The molecule has 1 aromatic carbocycles. The van der Waals surface area contributed by atoms with Crippen molar-refractivity contribution in [3.05, 3.63) is 48.8 Å². The van der Waals surface area contributed by atoms with Gasteiger partial charge in [-0.15, -0.1) is 18.1 Å². The molecule has 0 aliphatic rings. The number of hydrogen-bond donors (Lipinski definition) is 1. The summed E-state index contributed by atoms with van der Waals surface area (Å²) in [5.74, 6) is -7.39. The Morgan fingerprint density at radius 2 is 1.88 bits per heavy atom. The van der Waals surface area contributed by atoms with E-state index in [1.165, 1.54) is 18.2 Å². The minimum Gasteiger partial charge on any atom is -0.321 e. The van der Waals surface area contributed by atoms with Crippen molar-refractivity contribution < 1.29 is 31.8 Å². The number of hydrogen-bond acceptors (Lipinski definition) is 2. The van der Waals surface area contributed by atoms with Gasteiger partial charge in [0.25, 0.3) is 0 Å². The summed E-state index contributed by atoms with van der Waals surface area (Å²) in [4.78, 5) is 13.8. The van der Waals surface area contributed by atoms with Gasteiger partial charge >= 0.3 is 17.9 Å². The monoisotopic (exact) mass is 365 g/mol. The molecule has 0 aliphatic heterocycles. The zero-order chi connectivity index (χ0) is 18.6. The second kappa shape index (κ2) is 7.26. The molecule has 0 aromatic heterocycles. The molecule has 1 aromatic rings. The van der Waals surface area contributed by atoms with Crippen LogP contribution in [-0.2, 0) is 9.74 Å². The summed E-state index contributed by atoms with van der Waals surface area (Å²) >= 11 is 0. The van der Waals surface area contributed by atoms with Crippen LogP contribution in [0.2, 0.25) is 6.04 Å². The van der Waals surface area contributed by atoms with Crippen LogP contribution in [0.1, 0.15) is 6.92 Å². The summed E-state index contributed by atoms with van der Waals surface area (Å²) in [6, 6.07) is 6.48. The highest BCUT2D eigenvalue weighted by atomic mass is 28.3. The Morgan fingerprint density at radius 3 is 2.29 bits per heavy atom. The van der Waals surface area contributed by atoms with Crippen LogP contribution < -0.4 is 10.5 Å². The van der Waals surface area contributed by atoms with Crippen LogP contribution in [0.3, 0.4) is 0 Å². The molecule has 1 amide bonds. The van der Waals surface area contributed by atoms with Gasteiger partial charge in [0.1, 0.15) is 8.07 Å². The third kappa shape index (κ3) is 3.56. The molecule has 132 valence electrons. The Labute approximate surface area is 136 Å². The predicted molar refractivity (Wildman–Crippen MR) is 83.4 cm³/mol. The number of anilines is 1. The Kier molecular flexibility index (Phi) is 6.07. The lowest BCUT2D eigenvalue weighted by molar-refractivity contribution is -0.379. The highest BCUT2D eigenvalue weighted by Gasteiger charge is 2.65.